The van der Waals surface area contributed by atoms with Gasteiger partial charge >= 0.3 is 11.9 Å². The van der Waals surface area contributed by atoms with E-state index in [-0.39, 0.29) is 24.1 Å². The van der Waals surface area contributed by atoms with Gasteiger partial charge in [0.1, 0.15) is 0 Å². The number of benzene rings is 1. The predicted molar refractivity (Wildman–Crippen MR) is 85.9 cm³/mol. The zero-order valence-corrected chi connectivity index (χ0v) is 13.9. The average molecular weight is 340 g/mol. The van der Waals surface area contributed by atoms with Gasteiger partial charge in [-0.3, -0.25) is 9.59 Å². The Morgan fingerprint density at radius 1 is 1.22 bits per heavy atom. The van der Waals surface area contributed by atoms with Gasteiger partial charge in [0.15, 0.2) is 5.12 Å². The van der Waals surface area contributed by atoms with Gasteiger partial charge in [-0.25, -0.2) is 4.79 Å². The SMILES string of the molecule is CC(=O)SC[C@@H](C)C(=O)OC(COCc1ccccc1)C(=O)O. The Hall–Kier alpha value is -1.86. The number of ether oxygens (including phenoxy) is 2. The van der Waals surface area contributed by atoms with E-state index < -0.39 is 24.0 Å². The van der Waals surface area contributed by atoms with Gasteiger partial charge in [-0.2, -0.15) is 0 Å². The maximum atomic E-state index is 11.8. The van der Waals surface area contributed by atoms with E-state index in [1.807, 2.05) is 30.3 Å². The van der Waals surface area contributed by atoms with Crippen LogP contribution in [-0.4, -0.2) is 40.6 Å². The summed E-state index contributed by atoms with van der Waals surface area (Å²) < 4.78 is 10.3. The molecule has 0 aliphatic heterocycles. The molecule has 7 heteroatoms. The van der Waals surface area contributed by atoms with Crippen LogP contribution in [0, 0.1) is 5.92 Å². The van der Waals surface area contributed by atoms with Gasteiger partial charge in [-0.15, -0.1) is 0 Å². The maximum absolute atomic E-state index is 11.8. The summed E-state index contributed by atoms with van der Waals surface area (Å²) in [5, 5.41) is 9.00. The monoisotopic (exact) mass is 340 g/mol. The molecule has 0 aliphatic carbocycles. The van der Waals surface area contributed by atoms with Crippen molar-refractivity contribution in [3.63, 3.8) is 0 Å². The van der Waals surface area contributed by atoms with E-state index in [1.165, 1.54) is 6.92 Å². The molecule has 1 aromatic rings. The molecule has 0 fully saturated rings. The molecule has 0 saturated heterocycles. The number of carboxylic acid groups (broad SMARTS) is 1. The minimum atomic E-state index is -1.36. The van der Waals surface area contributed by atoms with Gasteiger partial charge in [0.05, 0.1) is 19.1 Å². The molecular formula is C16H20O6S. The topological polar surface area (TPSA) is 89.9 Å². The van der Waals surface area contributed by atoms with Crippen molar-refractivity contribution in [2.45, 2.75) is 26.6 Å². The lowest BCUT2D eigenvalue weighted by molar-refractivity contribution is -0.170. The number of aliphatic carboxylic acids is 1. The second kappa shape index (κ2) is 10.0. The molecule has 1 unspecified atom stereocenters. The van der Waals surface area contributed by atoms with E-state index in [4.69, 9.17) is 14.6 Å². The maximum Gasteiger partial charge on any atom is 0.347 e. The lowest BCUT2D eigenvalue weighted by atomic mass is 10.2. The standard InChI is InChI=1S/C16H20O6S/c1-11(10-23-12(2)17)16(20)22-14(15(18)19)9-21-8-13-6-4-3-5-7-13/h3-7,11,14H,8-10H2,1-2H3,(H,18,19)/t11-,14?/m1/s1. The van der Waals surface area contributed by atoms with E-state index >= 15 is 0 Å². The van der Waals surface area contributed by atoms with Gasteiger partial charge in [0, 0.05) is 12.7 Å². The van der Waals surface area contributed by atoms with Crippen molar-refractivity contribution in [2.75, 3.05) is 12.4 Å². The number of rotatable bonds is 9. The Bertz CT molecular complexity index is 531. The summed E-state index contributed by atoms with van der Waals surface area (Å²) in [6.45, 7) is 2.99. The molecule has 0 saturated carbocycles. The molecule has 0 radical (unpaired) electrons. The molecule has 0 spiro atoms. The fraction of sp³-hybridized carbons (Fsp3) is 0.438. The first-order chi connectivity index (χ1) is 10.9. The van der Waals surface area contributed by atoms with Crippen LogP contribution < -0.4 is 0 Å². The highest BCUT2D eigenvalue weighted by atomic mass is 32.2. The van der Waals surface area contributed by atoms with E-state index in [2.05, 4.69) is 0 Å². The largest absolute Gasteiger partial charge is 0.478 e. The van der Waals surface area contributed by atoms with Crippen molar-refractivity contribution < 1.29 is 29.0 Å². The van der Waals surface area contributed by atoms with Crippen LogP contribution in [0.1, 0.15) is 19.4 Å². The number of hydrogen-bond acceptors (Lipinski definition) is 6. The third kappa shape index (κ3) is 7.80. The van der Waals surface area contributed by atoms with Crippen molar-refractivity contribution in [3.8, 4) is 0 Å². The smallest absolute Gasteiger partial charge is 0.347 e. The zero-order valence-electron chi connectivity index (χ0n) is 13.1. The predicted octanol–water partition coefficient (Wildman–Crippen LogP) is 2.12. The summed E-state index contributed by atoms with van der Waals surface area (Å²) in [5.41, 5.74) is 0.897. The zero-order chi connectivity index (χ0) is 17.2. The molecule has 1 N–H and O–H groups in total. The van der Waals surface area contributed by atoms with Crippen LogP contribution in [0.3, 0.4) is 0 Å². The van der Waals surface area contributed by atoms with Crippen LogP contribution in [0.4, 0.5) is 0 Å². The number of carboxylic acids is 1. The highest BCUT2D eigenvalue weighted by Crippen LogP contribution is 2.12. The molecule has 126 valence electrons. The number of esters is 1. The molecule has 0 amide bonds. The van der Waals surface area contributed by atoms with E-state index in [0.29, 0.717) is 0 Å². The summed E-state index contributed by atoms with van der Waals surface area (Å²) in [4.78, 5) is 33.9. The van der Waals surface area contributed by atoms with E-state index in [1.54, 1.807) is 6.92 Å². The molecular weight excluding hydrogens is 320 g/mol. The summed E-state index contributed by atoms with van der Waals surface area (Å²) in [6, 6.07) is 9.26. The first-order valence-corrected chi connectivity index (χ1v) is 8.07. The summed E-state index contributed by atoms with van der Waals surface area (Å²) >= 11 is 1.000. The second-order valence-corrected chi connectivity index (χ2v) is 6.17. The molecule has 0 aliphatic rings. The minimum absolute atomic E-state index is 0.106. The van der Waals surface area contributed by atoms with Crippen LogP contribution in [0.2, 0.25) is 0 Å². The van der Waals surface area contributed by atoms with E-state index in [0.717, 1.165) is 17.3 Å². The van der Waals surface area contributed by atoms with Crippen molar-refractivity contribution in [2.24, 2.45) is 5.92 Å². The summed E-state index contributed by atoms with van der Waals surface area (Å²) in [6.07, 6.45) is -1.36. The van der Waals surface area contributed by atoms with Crippen molar-refractivity contribution in [3.05, 3.63) is 35.9 Å². The van der Waals surface area contributed by atoms with Crippen molar-refractivity contribution >= 4 is 28.8 Å². The van der Waals surface area contributed by atoms with Crippen molar-refractivity contribution in [1.82, 2.24) is 0 Å². The first-order valence-electron chi connectivity index (χ1n) is 7.08. The van der Waals surface area contributed by atoms with Crippen LogP contribution in [-0.2, 0) is 30.5 Å². The quantitative estimate of drug-likeness (QED) is 0.689. The molecule has 1 rings (SSSR count). The third-order valence-electron chi connectivity index (χ3n) is 2.85. The molecule has 1 aromatic carbocycles. The van der Waals surface area contributed by atoms with Gasteiger partial charge < -0.3 is 14.6 Å². The highest BCUT2D eigenvalue weighted by molar-refractivity contribution is 8.13. The molecule has 23 heavy (non-hydrogen) atoms. The Kier molecular flexibility index (Phi) is 8.36. The number of hydrogen-bond donors (Lipinski definition) is 1. The Morgan fingerprint density at radius 3 is 2.43 bits per heavy atom. The van der Waals surface area contributed by atoms with Crippen LogP contribution in [0.25, 0.3) is 0 Å². The third-order valence-corrected chi connectivity index (χ3v) is 3.93. The highest BCUT2D eigenvalue weighted by Gasteiger charge is 2.25. The van der Waals surface area contributed by atoms with E-state index in [9.17, 15) is 14.4 Å². The lowest BCUT2D eigenvalue weighted by Crippen LogP contribution is -2.34. The molecule has 6 nitrogen and oxygen atoms in total. The number of thioether (sulfide) groups is 1. The Labute approximate surface area is 139 Å². The van der Waals surface area contributed by atoms with Gasteiger partial charge in [-0.1, -0.05) is 49.0 Å². The fourth-order valence-electron chi connectivity index (χ4n) is 1.58. The molecule has 0 bridgehead atoms. The summed E-state index contributed by atoms with van der Waals surface area (Å²) in [7, 11) is 0. The number of carbonyl (C=O) groups is 3. The second-order valence-electron chi connectivity index (χ2n) is 4.97. The molecule has 0 heterocycles. The molecule has 2 atom stereocenters. The first kappa shape index (κ1) is 19.2. The molecule has 0 aromatic heterocycles. The van der Waals surface area contributed by atoms with Crippen LogP contribution in [0.15, 0.2) is 30.3 Å². The fourth-order valence-corrected chi connectivity index (χ4v) is 2.20. The van der Waals surface area contributed by atoms with Gasteiger partial charge in [0.2, 0.25) is 6.10 Å². The minimum Gasteiger partial charge on any atom is -0.478 e. The number of carbonyl (C=O) groups excluding carboxylic acids is 2. The Balaban J connectivity index is 2.43. The lowest BCUT2D eigenvalue weighted by Gasteiger charge is -2.16. The van der Waals surface area contributed by atoms with Gasteiger partial charge in [0.25, 0.3) is 0 Å². The van der Waals surface area contributed by atoms with Crippen LogP contribution >= 0.6 is 11.8 Å². The van der Waals surface area contributed by atoms with Gasteiger partial charge in [-0.05, 0) is 5.56 Å². The normalized spacial score (nSPS) is 13.1. The van der Waals surface area contributed by atoms with Crippen molar-refractivity contribution in [1.29, 1.82) is 0 Å². The Morgan fingerprint density at radius 2 is 1.87 bits per heavy atom. The van der Waals surface area contributed by atoms with Crippen LogP contribution in [0.5, 0.6) is 0 Å². The summed E-state index contributed by atoms with van der Waals surface area (Å²) in [5.74, 6) is -2.24. The average Bonchev–Trinajstić information content (AvgIpc) is 2.52.